The van der Waals surface area contributed by atoms with Crippen LogP contribution in [0.3, 0.4) is 0 Å². The molecule has 0 fully saturated rings. The van der Waals surface area contributed by atoms with E-state index in [1.165, 1.54) is 20.8 Å². The van der Waals surface area contributed by atoms with Crippen molar-refractivity contribution in [1.29, 1.82) is 0 Å². The van der Waals surface area contributed by atoms with Crippen molar-refractivity contribution >= 4 is 12.3 Å². The molecule has 0 aliphatic heterocycles. The van der Waals surface area contributed by atoms with Crippen LogP contribution in [-0.4, -0.2) is 24.3 Å². The lowest BCUT2D eigenvalue weighted by molar-refractivity contribution is -0.297. The van der Waals surface area contributed by atoms with Crippen LogP contribution in [0.25, 0.3) is 0 Å². The first kappa shape index (κ1) is 13.5. The Morgan fingerprint density at radius 1 is 0.933 bits per heavy atom. The number of carbonyl (C=O) groups is 2. The Balaban J connectivity index is 4.04. The largest absolute Gasteiger partial charge is 0.577 e. The number of hydrogen-bond donors (Lipinski definition) is 0. The van der Waals surface area contributed by atoms with Crippen molar-refractivity contribution in [3.8, 4) is 0 Å². The first-order valence-electron chi connectivity index (χ1n) is 3.70. The lowest BCUT2D eigenvalue weighted by Crippen LogP contribution is -2.28. The Morgan fingerprint density at radius 2 is 1.33 bits per heavy atom. The van der Waals surface area contributed by atoms with E-state index in [0.29, 0.717) is 0 Å². The molecule has 0 N–H and O–H groups in total. The third-order valence-corrected chi connectivity index (χ3v) is 0.755. The first-order chi connectivity index (χ1) is 6.49. The van der Waals surface area contributed by atoms with Crippen LogP contribution in [-0.2, 0) is 14.2 Å². The molecule has 0 amide bonds. The zero-order valence-corrected chi connectivity index (χ0v) is 8.18. The van der Waals surface area contributed by atoms with E-state index in [0.717, 1.165) is 0 Å². The number of rotatable bonds is 0. The maximum atomic E-state index is 11.4. The summed E-state index contributed by atoms with van der Waals surface area (Å²) >= 11 is 0. The average molecular weight is 230 g/mol. The highest BCUT2D eigenvalue weighted by Gasteiger charge is 2.36. The minimum atomic E-state index is -5.20. The van der Waals surface area contributed by atoms with Crippen LogP contribution >= 0.6 is 0 Å². The van der Waals surface area contributed by atoms with Crippen molar-refractivity contribution in [3.05, 3.63) is 0 Å². The minimum absolute atomic E-state index is 0.977. The van der Waals surface area contributed by atoms with E-state index in [9.17, 15) is 22.8 Å². The van der Waals surface area contributed by atoms with Gasteiger partial charge in [-0.3, -0.25) is 0 Å². The first-order valence-corrected chi connectivity index (χ1v) is 3.70. The van der Waals surface area contributed by atoms with Crippen molar-refractivity contribution in [3.63, 3.8) is 0 Å². The van der Waals surface area contributed by atoms with Gasteiger partial charge >= 0.3 is 18.7 Å². The van der Waals surface area contributed by atoms with E-state index in [4.69, 9.17) is 0 Å². The van der Waals surface area contributed by atoms with E-state index in [1.54, 1.807) is 0 Å². The molecule has 0 aromatic heterocycles. The molecule has 88 valence electrons. The fourth-order valence-electron chi connectivity index (χ4n) is 0.454. The van der Waals surface area contributed by atoms with Crippen LogP contribution in [0.4, 0.5) is 22.8 Å². The van der Waals surface area contributed by atoms with Gasteiger partial charge in [-0.2, -0.15) is 0 Å². The third-order valence-electron chi connectivity index (χ3n) is 0.755. The number of carbonyl (C=O) groups excluding carboxylic acids is 2. The second-order valence-corrected chi connectivity index (χ2v) is 3.36. The summed E-state index contributed by atoms with van der Waals surface area (Å²) < 4.78 is 45.0. The van der Waals surface area contributed by atoms with E-state index in [-0.39, 0.29) is 0 Å². The molecule has 0 aromatic rings. The van der Waals surface area contributed by atoms with E-state index in [2.05, 4.69) is 14.2 Å². The molecule has 0 rings (SSSR count). The minimum Gasteiger partial charge on any atom is -0.428 e. The molecule has 15 heavy (non-hydrogen) atoms. The van der Waals surface area contributed by atoms with Gasteiger partial charge in [0.1, 0.15) is 5.60 Å². The maximum absolute atomic E-state index is 11.4. The zero-order chi connectivity index (χ0) is 12.3. The summed E-state index contributed by atoms with van der Waals surface area (Å²) in [6, 6.07) is 0. The van der Waals surface area contributed by atoms with Crippen LogP contribution in [0.15, 0.2) is 0 Å². The molecule has 8 heteroatoms. The van der Waals surface area contributed by atoms with Crippen LogP contribution in [0, 0.1) is 0 Å². The Morgan fingerprint density at radius 3 is 1.67 bits per heavy atom. The van der Waals surface area contributed by atoms with Gasteiger partial charge in [0.25, 0.3) is 0 Å². The molecule has 0 aliphatic carbocycles. The van der Waals surface area contributed by atoms with Crippen LogP contribution in [0.5, 0.6) is 0 Å². The molecule has 0 spiro atoms. The molecular formula is C7H9F3O5. The Hall–Kier alpha value is -1.47. The molecule has 0 saturated carbocycles. The van der Waals surface area contributed by atoms with Crippen molar-refractivity contribution < 1.29 is 37.0 Å². The third kappa shape index (κ3) is 8.85. The van der Waals surface area contributed by atoms with Crippen molar-refractivity contribution in [2.75, 3.05) is 0 Å². The SMILES string of the molecule is CC(C)(C)OC(=O)OC(=O)OC(F)(F)F. The van der Waals surface area contributed by atoms with Crippen LogP contribution in [0.2, 0.25) is 0 Å². The standard InChI is InChI=1S/C7H9F3O5/c1-6(2,3)14-4(11)13-5(12)15-7(8,9)10/h1-3H3. The molecular weight excluding hydrogens is 221 g/mol. The molecule has 0 unspecified atom stereocenters. The highest BCUT2D eigenvalue weighted by molar-refractivity contribution is 5.77. The lowest BCUT2D eigenvalue weighted by atomic mass is 10.2. The molecule has 0 saturated heterocycles. The highest BCUT2D eigenvalue weighted by Crippen LogP contribution is 2.17. The monoisotopic (exact) mass is 230 g/mol. The van der Waals surface area contributed by atoms with Crippen molar-refractivity contribution in [2.45, 2.75) is 32.7 Å². The Labute approximate surface area is 83.1 Å². The molecule has 0 aromatic carbocycles. The second kappa shape index (κ2) is 4.37. The molecule has 0 aliphatic rings. The Bertz CT molecular complexity index is 226. The van der Waals surface area contributed by atoms with Crippen molar-refractivity contribution in [2.24, 2.45) is 0 Å². The average Bonchev–Trinajstić information content (AvgIpc) is 1.73. The summed E-state index contributed by atoms with van der Waals surface area (Å²) in [4.78, 5) is 20.9. The fourth-order valence-corrected chi connectivity index (χ4v) is 0.454. The zero-order valence-electron chi connectivity index (χ0n) is 8.18. The lowest BCUT2D eigenvalue weighted by Gasteiger charge is -2.18. The summed E-state index contributed by atoms with van der Waals surface area (Å²) in [6.45, 7) is 4.34. The second-order valence-electron chi connectivity index (χ2n) is 3.36. The summed E-state index contributed by atoms with van der Waals surface area (Å²) in [5, 5.41) is 0. The van der Waals surface area contributed by atoms with Crippen LogP contribution < -0.4 is 0 Å². The van der Waals surface area contributed by atoms with Gasteiger partial charge in [-0.15, -0.1) is 13.2 Å². The summed E-state index contributed by atoms with van der Waals surface area (Å²) in [7, 11) is 0. The predicted octanol–water partition coefficient (Wildman–Crippen LogP) is 2.59. The predicted molar refractivity (Wildman–Crippen MR) is 39.9 cm³/mol. The van der Waals surface area contributed by atoms with Gasteiger partial charge in [-0.25, -0.2) is 9.59 Å². The van der Waals surface area contributed by atoms with Gasteiger partial charge in [-0.05, 0) is 20.8 Å². The number of halogens is 3. The maximum Gasteiger partial charge on any atom is 0.577 e. The molecule has 0 atom stereocenters. The number of alkyl halides is 3. The Kier molecular flexibility index (Phi) is 3.94. The molecule has 5 nitrogen and oxygen atoms in total. The number of hydrogen-bond acceptors (Lipinski definition) is 5. The van der Waals surface area contributed by atoms with Crippen molar-refractivity contribution in [1.82, 2.24) is 0 Å². The summed E-state index contributed by atoms with van der Waals surface area (Å²) in [5.41, 5.74) is -0.977. The normalized spacial score (nSPS) is 11.9. The molecule has 0 radical (unpaired) electrons. The van der Waals surface area contributed by atoms with E-state index >= 15 is 0 Å². The summed E-state index contributed by atoms with van der Waals surface area (Å²) in [6.07, 6.45) is -8.94. The van der Waals surface area contributed by atoms with Gasteiger partial charge in [0.2, 0.25) is 0 Å². The van der Waals surface area contributed by atoms with Gasteiger partial charge < -0.3 is 14.2 Å². The molecule has 0 bridgehead atoms. The van der Waals surface area contributed by atoms with Gasteiger partial charge in [-0.1, -0.05) is 0 Å². The van der Waals surface area contributed by atoms with Crippen LogP contribution in [0.1, 0.15) is 20.8 Å². The summed E-state index contributed by atoms with van der Waals surface area (Å²) in [5.74, 6) is 0. The van der Waals surface area contributed by atoms with E-state index in [1.807, 2.05) is 0 Å². The topological polar surface area (TPSA) is 61.8 Å². The molecule has 0 heterocycles. The van der Waals surface area contributed by atoms with Gasteiger partial charge in [0.05, 0.1) is 0 Å². The quantitative estimate of drug-likeness (QED) is 0.472. The van der Waals surface area contributed by atoms with Gasteiger partial charge in [0, 0.05) is 0 Å². The van der Waals surface area contributed by atoms with E-state index < -0.39 is 24.3 Å². The smallest absolute Gasteiger partial charge is 0.428 e. The fraction of sp³-hybridized carbons (Fsp3) is 0.714. The van der Waals surface area contributed by atoms with Gasteiger partial charge in [0.15, 0.2) is 0 Å². The number of ether oxygens (including phenoxy) is 3. The highest BCUT2D eigenvalue weighted by atomic mass is 19.4.